The first-order chi connectivity index (χ1) is 25.9. The second-order valence-electron chi connectivity index (χ2n) is 15.9. The molecule has 0 heterocycles. The van der Waals surface area contributed by atoms with Gasteiger partial charge in [0.05, 0.1) is 13.2 Å². The van der Waals surface area contributed by atoms with Crippen molar-refractivity contribution in [3.8, 4) is 0 Å². The summed E-state index contributed by atoms with van der Waals surface area (Å²) in [7, 11) is 4.05. The largest absolute Gasteiger partial charge is 0.508 e. The van der Waals surface area contributed by atoms with Crippen molar-refractivity contribution < 1.29 is 23.8 Å². The highest BCUT2D eigenvalue weighted by Crippen LogP contribution is 2.27. The lowest BCUT2D eigenvalue weighted by Gasteiger charge is -2.24. The summed E-state index contributed by atoms with van der Waals surface area (Å²) >= 11 is 0. The van der Waals surface area contributed by atoms with Crippen LogP contribution in [0.5, 0.6) is 0 Å². The number of ether oxygens (including phenoxy) is 3. The fourth-order valence-corrected chi connectivity index (χ4v) is 6.92. The van der Waals surface area contributed by atoms with E-state index in [0.29, 0.717) is 25.6 Å². The Labute approximate surface area is 330 Å². The number of nitrogens with zero attached hydrogens (tertiary/aromatic N) is 1. The van der Waals surface area contributed by atoms with Gasteiger partial charge in [0, 0.05) is 13.0 Å². The van der Waals surface area contributed by atoms with Gasteiger partial charge < -0.3 is 19.1 Å². The molecule has 0 radical (unpaired) electrons. The fraction of sp³-hybridized carbons (Fsp3) is 0.872. The number of hydrogen-bond acceptors (Lipinski definition) is 6. The molecule has 0 aromatic heterocycles. The lowest BCUT2D eigenvalue weighted by molar-refractivity contribution is -0.143. The van der Waals surface area contributed by atoms with Crippen LogP contribution in [0.15, 0.2) is 24.3 Å². The third kappa shape index (κ3) is 39.7. The second kappa shape index (κ2) is 41.3. The van der Waals surface area contributed by atoms with Gasteiger partial charge in [-0.1, -0.05) is 167 Å². The zero-order valence-corrected chi connectivity index (χ0v) is 36.0. The zero-order chi connectivity index (χ0) is 38.9. The molecule has 0 aliphatic rings. The molecule has 53 heavy (non-hydrogen) atoms. The van der Waals surface area contributed by atoms with Gasteiger partial charge >= 0.3 is 12.1 Å². The van der Waals surface area contributed by atoms with Crippen molar-refractivity contribution >= 4 is 12.1 Å². The molecule has 0 aromatic carbocycles. The summed E-state index contributed by atoms with van der Waals surface area (Å²) in [5.74, 6) is 0.489. The van der Waals surface area contributed by atoms with Gasteiger partial charge in [-0.2, -0.15) is 0 Å². The topological polar surface area (TPSA) is 65.1 Å². The van der Waals surface area contributed by atoms with Crippen LogP contribution in [0.25, 0.3) is 0 Å². The van der Waals surface area contributed by atoms with Gasteiger partial charge in [-0.05, 0) is 90.6 Å². The smallest absolute Gasteiger partial charge is 0.466 e. The molecule has 0 fully saturated rings. The molecule has 312 valence electrons. The molecular formula is C47H89NO5. The number of rotatable bonds is 40. The monoisotopic (exact) mass is 748 g/mol. The van der Waals surface area contributed by atoms with Crippen molar-refractivity contribution in [2.45, 2.75) is 226 Å². The Hall–Kier alpha value is -1.82. The Kier molecular flexibility index (Phi) is 39.9. The van der Waals surface area contributed by atoms with E-state index in [2.05, 4.69) is 50.0 Å². The van der Waals surface area contributed by atoms with Crippen LogP contribution in [0.4, 0.5) is 4.79 Å². The molecule has 0 spiro atoms. The Morgan fingerprint density at radius 1 is 0.528 bits per heavy atom. The molecule has 0 saturated carbocycles. The molecule has 0 aliphatic heterocycles. The number of unbranched alkanes of at least 4 members (excludes halogenated alkanes) is 19. The van der Waals surface area contributed by atoms with Crippen LogP contribution in [0, 0.1) is 5.92 Å². The lowest BCUT2D eigenvalue weighted by Crippen LogP contribution is -2.24. The Bertz CT molecular complexity index is 825. The average Bonchev–Trinajstić information content (AvgIpc) is 3.14. The van der Waals surface area contributed by atoms with E-state index >= 15 is 0 Å². The van der Waals surface area contributed by atoms with Gasteiger partial charge in [0.25, 0.3) is 0 Å². The Morgan fingerprint density at radius 3 is 1.62 bits per heavy atom. The maximum Gasteiger partial charge on any atom is 0.508 e. The van der Waals surface area contributed by atoms with Gasteiger partial charge in [0.2, 0.25) is 0 Å². The summed E-state index contributed by atoms with van der Waals surface area (Å²) < 4.78 is 17.0. The standard InChI is InChI=1S/C47H89NO5/c1-6-9-12-15-18-19-20-21-22-23-24-25-26-29-32-39-46(49)51-41-34-33-38-45(53-47(50)52-42-35-40-48(4)5)43-44(36-30-27-16-13-10-7-2)37-31-28-17-14-11-8-3/h18-19,21-22,44-45H,6-17,20,23-43H2,1-5H3/b19-18-,22-21-. The van der Waals surface area contributed by atoms with E-state index in [1.165, 1.54) is 135 Å². The molecule has 0 aliphatic carbocycles. The predicted octanol–water partition coefficient (Wildman–Crippen LogP) is 14.5. The molecular weight excluding hydrogens is 659 g/mol. The maximum absolute atomic E-state index is 12.7. The van der Waals surface area contributed by atoms with Crippen LogP contribution >= 0.6 is 0 Å². The highest BCUT2D eigenvalue weighted by Gasteiger charge is 2.21. The van der Waals surface area contributed by atoms with E-state index in [9.17, 15) is 9.59 Å². The molecule has 0 saturated heterocycles. The molecule has 0 aromatic rings. The first kappa shape index (κ1) is 51.2. The SMILES string of the molecule is CCCCC/C=C\C/C=C\CCCCCCCC(=O)OCCCCC(CC(CCCCCCCC)CCCCCCCC)OC(=O)OCCCN(C)C. The molecule has 1 unspecified atom stereocenters. The van der Waals surface area contributed by atoms with E-state index in [1.807, 2.05) is 14.1 Å². The van der Waals surface area contributed by atoms with Crippen LogP contribution < -0.4 is 0 Å². The van der Waals surface area contributed by atoms with Crippen molar-refractivity contribution in [3.05, 3.63) is 24.3 Å². The minimum atomic E-state index is -0.532. The van der Waals surface area contributed by atoms with Crippen LogP contribution in [0.3, 0.4) is 0 Å². The maximum atomic E-state index is 12.7. The normalized spacial score (nSPS) is 12.4. The molecule has 0 rings (SSSR count). The highest BCUT2D eigenvalue weighted by molar-refractivity contribution is 5.69. The Balaban J connectivity index is 4.57. The molecule has 1 atom stereocenters. The minimum Gasteiger partial charge on any atom is -0.466 e. The zero-order valence-electron chi connectivity index (χ0n) is 36.0. The average molecular weight is 748 g/mol. The summed E-state index contributed by atoms with van der Waals surface area (Å²) in [6.07, 6.45) is 44.2. The molecule has 0 N–H and O–H groups in total. The molecule has 0 bridgehead atoms. The number of carbonyl (C=O) groups excluding carboxylic acids is 2. The van der Waals surface area contributed by atoms with Crippen LogP contribution in [-0.4, -0.2) is 57.0 Å². The van der Waals surface area contributed by atoms with E-state index in [1.54, 1.807) is 0 Å². The van der Waals surface area contributed by atoms with Gasteiger partial charge in [0.15, 0.2) is 0 Å². The number of hydrogen-bond donors (Lipinski definition) is 0. The molecule has 0 amide bonds. The molecule has 6 heteroatoms. The van der Waals surface area contributed by atoms with Crippen molar-refractivity contribution in [2.24, 2.45) is 5.92 Å². The summed E-state index contributed by atoms with van der Waals surface area (Å²) in [5, 5.41) is 0. The van der Waals surface area contributed by atoms with E-state index < -0.39 is 6.16 Å². The minimum absolute atomic E-state index is 0.0808. The summed E-state index contributed by atoms with van der Waals surface area (Å²) in [5.41, 5.74) is 0. The highest BCUT2D eigenvalue weighted by atomic mass is 16.7. The number of allylic oxidation sites excluding steroid dienone is 4. The fourth-order valence-electron chi connectivity index (χ4n) is 6.92. The lowest BCUT2D eigenvalue weighted by atomic mass is 9.88. The summed E-state index contributed by atoms with van der Waals surface area (Å²) in [4.78, 5) is 27.2. The van der Waals surface area contributed by atoms with Gasteiger partial charge in [-0.25, -0.2) is 4.79 Å². The predicted molar refractivity (Wildman–Crippen MR) is 228 cm³/mol. The quantitative estimate of drug-likeness (QED) is 0.0353. The van der Waals surface area contributed by atoms with Crippen LogP contribution in [-0.2, 0) is 19.0 Å². The Morgan fingerprint density at radius 2 is 1.02 bits per heavy atom. The van der Waals surface area contributed by atoms with Crippen molar-refractivity contribution in [3.63, 3.8) is 0 Å². The first-order valence-corrected chi connectivity index (χ1v) is 22.9. The second-order valence-corrected chi connectivity index (χ2v) is 15.9. The van der Waals surface area contributed by atoms with E-state index in [0.717, 1.165) is 64.3 Å². The van der Waals surface area contributed by atoms with Crippen LogP contribution in [0.1, 0.15) is 220 Å². The molecule has 6 nitrogen and oxygen atoms in total. The van der Waals surface area contributed by atoms with Gasteiger partial charge in [-0.3, -0.25) is 4.79 Å². The van der Waals surface area contributed by atoms with E-state index in [4.69, 9.17) is 14.2 Å². The van der Waals surface area contributed by atoms with Crippen LogP contribution in [0.2, 0.25) is 0 Å². The summed E-state index contributed by atoms with van der Waals surface area (Å²) in [6, 6.07) is 0. The first-order valence-electron chi connectivity index (χ1n) is 22.9. The van der Waals surface area contributed by atoms with E-state index in [-0.39, 0.29) is 12.1 Å². The van der Waals surface area contributed by atoms with Crippen molar-refractivity contribution in [1.29, 1.82) is 0 Å². The van der Waals surface area contributed by atoms with Gasteiger partial charge in [0.1, 0.15) is 6.10 Å². The third-order valence-electron chi connectivity index (χ3n) is 10.3. The van der Waals surface area contributed by atoms with Gasteiger partial charge in [-0.15, -0.1) is 0 Å². The number of carbonyl (C=O) groups is 2. The van der Waals surface area contributed by atoms with Crippen molar-refractivity contribution in [1.82, 2.24) is 4.90 Å². The number of esters is 1. The third-order valence-corrected chi connectivity index (χ3v) is 10.3. The summed E-state index contributed by atoms with van der Waals surface area (Å²) in [6.45, 7) is 8.49. The van der Waals surface area contributed by atoms with Crippen molar-refractivity contribution in [2.75, 3.05) is 33.9 Å².